The number of Topliss-reactive ketones (excluding diaryl/α,β-unsaturated/α-hetero) is 1. The number of carbonyl (C=O) groups is 1. The third kappa shape index (κ3) is 1.18. The van der Waals surface area contributed by atoms with Crippen molar-refractivity contribution < 1.29 is 9.90 Å². The summed E-state index contributed by atoms with van der Waals surface area (Å²) in [7, 11) is 0. The summed E-state index contributed by atoms with van der Waals surface area (Å²) >= 11 is 0. The van der Waals surface area contributed by atoms with Crippen molar-refractivity contribution in [2.24, 2.45) is 28.6 Å². The molecule has 4 fully saturated rings. The fourth-order valence-corrected chi connectivity index (χ4v) is 8.75. The van der Waals surface area contributed by atoms with E-state index >= 15 is 0 Å². The minimum atomic E-state index is -0.760. The van der Waals surface area contributed by atoms with Crippen LogP contribution in [0.15, 0.2) is 11.1 Å². The summed E-state index contributed by atoms with van der Waals surface area (Å²) < 4.78 is 0. The van der Waals surface area contributed by atoms with Gasteiger partial charge in [-0.05, 0) is 56.8 Å². The molecule has 0 aromatic heterocycles. The van der Waals surface area contributed by atoms with Gasteiger partial charge in [-0.3, -0.25) is 9.69 Å². The summed E-state index contributed by atoms with van der Waals surface area (Å²) in [5.41, 5.74) is 1.66. The number of piperidine rings is 1. The van der Waals surface area contributed by atoms with Crippen LogP contribution in [0.5, 0.6) is 0 Å². The zero-order valence-corrected chi connectivity index (χ0v) is 15.0. The van der Waals surface area contributed by atoms with E-state index in [0.29, 0.717) is 23.7 Å². The lowest BCUT2D eigenvalue weighted by molar-refractivity contribution is -0.191. The van der Waals surface area contributed by atoms with Gasteiger partial charge in [0.25, 0.3) is 0 Å². The highest BCUT2D eigenvalue weighted by Gasteiger charge is 2.79. The van der Waals surface area contributed by atoms with Gasteiger partial charge in [-0.1, -0.05) is 25.0 Å². The van der Waals surface area contributed by atoms with Crippen molar-refractivity contribution in [1.82, 2.24) is 4.90 Å². The molecule has 6 aliphatic rings. The number of fused-ring (bicyclic) bond motifs is 1. The van der Waals surface area contributed by atoms with Crippen molar-refractivity contribution in [1.29, 1.82) is 0 Å². The number of ketones is 1. The highest BCUT2D eigenvalue weighted by molar-refractivity contribution is 5.95. The average Bonchev–Trinajstić information content (AvgIpc) is 2.90. The molecule has 3 heteroatoms. The standard InChI is InChI=1S/C21H29NO2/c1-12-10-22-11-14-4-3-13-5-7-20(24)8-6-16(13)21(20)18(23)15(12)9-17(22)19(14,21)2/h12,14-15,17,24H,3-11H2,1-2H3/t12-,14+,15+,17+,19+,20-,21-/m0/s1. The van der Waals surface area contributed by atoms with Gasteiger partial charge in [0.15, 0.2) is 0 Å². The van der Waals surface area contributed by atoms with Crippen molar-refractivity contribution in [3.8, 4) is 0 Å². The molecule has 130 valence electrons. The predicted molar refractivity (Wildman–Crippen MR) is 91.3 cm³/mol. The van der Waals surface area contributed by atoms with E-state index in [9.17, 15) is 9.90 Å². The first-order valence-corrected chi connectivity index (χ1v) is 10.2. The predicted octanol–water partition coefficient (Wildman–Crippen LogP) is 2.93. The molecule has 0 aromatic rings. The minimum Gasteiger partial charge on any atom is -0.388 e. The van der Waals surface area contributed by atoms with Crippen molar-refractivity contribution in [3.05, 3.63) is 11.1 Å². The molecule has 1 N–H and O–H groups in total. The second-order valence-electron chi connectivity index (χ2n) is 10.0. The SMILES string of the molecule is C[C@H]1CN2C[C@H]3CCC4=C5CC[C@@](O)(CC4)[C@]54C(=O)[C@@H]1C[C@@H]2[C@@]34C. The molecule has 24 heavy (non-hydrogen) atoms. The van der Waals surface area contributed by atoms with Crippen molar-refractivity contribution in [3.63, 3.8) is 0 Å². The fraction of sp³-hybridized carbons (Fsp3) is 0.857. The van der Waals surface area contributed by atoms with E-state index in [2.05, 4.69) is 18.7 Å². The van der Waals surface area contributed by atoms with E-state index in [1.54, 1.807) is 5.57 Å². The molecule has 7 atom stereocenters. The number of hydrogen-bond acceptors (Lipinski definition) is 3. The molecule has 2 saturated heterocycles. The Morgan fingerprint density at radius 2 is 1.96 bits per heavy atom. The van der Waals surface area contributed by atoms with E-state index in [-0.39, 0.29) is 11.3 Å². The monoisotopic (exact) mass is 327 g/mol. The number of allylic oxidation sites excluding steroid dienone is 1. The second kappa shape index (κ2) is 4.01. The Hall–Kier alpha value is -0.670. The number of hydrogen-bond donors (Lipinski definition) is 1. The first kappa shape index (κ1) is 14.5. The molecule has 3 nitrogen and oxygen atoms in total. The third-order valence-electron chi connectivity index (χ3n) is 9.64. The fourth-order valence-electron chi connectivity index (χ4n) is 8.75. The highest BCUT2D eigenvalue weighted by Crippen LogP contribution is 2.76. The lowest BCUT2D eigenvalue weighted by atomic mass is 9.41. The van der Waals surface area contributed by atoms with Gasteiger partial charge in [0, 0.05) is 30.5 Å². The molecule has 0 unspecified atom stereocenters. The molecule has 0 amide bonds. The van der Waals surface area contributed by atoms with E-state index in [4.69, 9.17) is 0 Å². The zero-order chi connectivity index (χ0) is 16.5. The Labute approximate surface area is 144 Å². The summed E-state index contributed by atoms with van der Waals surface area (Å²) in [6, 6.07) is 0.512. The lowest BCUT2D eigenvalue weighted by Crippen LogP contribution is -2.71. The molecule has 0 radical (unpaired) electrons. The summed E-state index contributed by atoms with van der Waals surface area (Å²) in [5.74, 6) is 1.65. The van der Waals surface area contributed by atoms with Gasteiger partial charge >= 0.3 is 0 Å². The Morgan fingerprint density at radius 1 is 1.17 bits per heavy atom. The van der Waals surface area contributed by atoms with E-state index in [1.165, 1.54) is 18.4 Å². The molecule has 2 heterocycles. The highest BCUT2D eigenvalue weighted by atomic mass is 16.3. The molecule has 4 aliphatic carbocycles. The smallest absolute Gasteiger partial charge is 0.150 e. The van der Waals surface area contributed by atoms with Crippen LogP contribution in [0.2, 0.25) is 0 Å². The van der Waals surface area contributed by atoms with Gasteiger partial charge < -0.3 is 5.11 Å². The van der Waals surface area contributed by atoms with Crippen LogP contribution in [0, 0.1) is 28.6 Å². The number of rotatable bonds is 0. The molecule has 2 aliphatic heterocycles. The molecular weight excluding hydrogens is 298 g/mol. The quantitative estimate of drug-likeness (QED) is 0.696. The molecule has 0 aromatic carbocycles. The second-order valence-corrected chi connectivity index (χ2v) is 10.0. The van der Waals surface area contributed by atoms with E-state index in [1.807, 2.05) is 0 Å². The van der Waals surface area contributed by atoms with Gasteiger partial charge in [-0.2, -0.15) is 0 Å². The van der Waals surface area contributed by atoms with Crippen LogP contribution in [0.3, 0.4) is 0 Å². The van der Waals surface area contributed by atoms with Crippen LogP contribution in [0.4, 0.5) is 0 Å². The third-order valence-corrected chi connectivity index (χ3v) is 9.64. The number of carbonyl (C=O) groups excluding carboxylic acids is 1. The van der Waals surface area contributed by atoms with Gasteiger partial charge in [0.2, 0.25) is 0 Å². The number of nitrogens with zero attached hydrogens (tertiary/aromatic N) is 1. The molecule has 2 saturated carbocycles. The van der Waals surface area contributed by atoms with Crippen molar-refractivity contribution in [2.45, 2.75) is 70.4 Å². The largest absolute Gasteiger partial charge is 0.388 e. The van der Waals surface area contributed by atoms with Gasteiger partial charge in [-0.15, -0.1) is 0 Å². The first-order valence-electron chi connectivity index (χ1n) is 10.2. The van der Waals surface area contributed by atoms with Crippen LogP contribution in [0.25, 0.3) is 0 Å². The summed E-state index contributed by atoms with van der Waals surface area (Å²) in [6.45, 7) is 6.94. The molecule has 6 bridgehead atoms. The Kier molecular flexibility index (Phi) is 2.42. The van der Waals surface area contributed by atoms with Crippen molar-refractivity contribution >= 4 is 5.78 Å². The van der Waals surface area contributed by atoms with E-state index in [0.717, 1.165) is 45.2 Å². The van der Waals surface area contributed by atoms with Crippen LogP contribution in [0.1, 0.15) is 58.8 Å². The van der Waals surface area contributed by atoms with Crippen LogP contribution >= 0.6 is 0 Å². The summed E-state index contributed by atoms with van der Waals surface area (Å²) in [4.78, 5) is 16.8. The van der Waals surface area contributed by atoms with Gasteiger partial charge in [-0.25, -0.2) is 0 Å². The average molecular weight is 327 g/mol. The van der Waals surface area contributed by atoms with E-state index < -0.39 is 11.0 Å². The Morgan fingerprint density at radius 3 is 2.79 bits per heavy atom. The normalized spacial score (nSPS) is 58.2. The van der Waals surface area contributed by atoms with Gasteiger partial charge in [0.05, 0.1) is 11.0 Å². The summed E-state index contributed by atoms with van der Waals surface area (Å²) in [5, 5.41) is 11.9. The van der Waals surface area contributed by atoms with Crippen LogP contribution in [-0.4, -0.2) is 40.5 Å². The Balaban J connectivity index is 1.72. The topological polar surface area (TPSA) is 40.5 Å². The lowest BCUT2D eigenvalue weighted by Gasteiger charge is -2.63. The maximum absolute atomic E-state index is 14.1. The number of aliphatic hydroxyl groups is 1. The minimum absolute atomic E-state index is 0.0382. The summed E-state index contributed by atoms with van der Waals surface area (Å²) in [6.07, 6.45) is 7.13. The molecule has 6 rings (SSSR count). The Bertz CT molecular complexity index is 698. The maximum Gasteiger partial charge on any atom is 0.150 e. The van der Waals surface area contributed by atoms with Crippen LogP contribution < -0.4 is 0 Å². The van der Waals surface area contributed by atoms with Crippen LogP contribution in [-0.2, 0) is 4.79 Å². The molecule has 1 spiro atoms. The van der Waals surface area contributed by atoms with Crippen molar-refractivity contribution in [2.75, 3.05) is 13.1 Å². The van der Waals surface area contributed by atoms with Gasteiger partial charge in [0.1, 0.15) is 5.78 Å². The molecular formula is C21H29NO2. The maximum atomic E-state index is 14.1. The first-order chi connectivity index (χ1) is 11.4. The zero-order valence-electron chi connectivity index (χ0n) is 15.0.